The van der Waals surface area contributed by atoms with Crippen molar-refractivity contribution in [3.8, 4) is 0 Å². The van der Waals surface area contributed by atoms with Crippen LogP contribution in [0.1, 0.15) is 45.4 Å². The third-order valence-electron chi connectivity index (χ3n) is 5.87. The van der Waals surface area contributed by atoms with Crippen molar-refractivity contribution in [2.75, 3.05) is 13.2 Å². The lowest BCUT2D eigenvalue weighted by atomic mass is 9.77. The number of rotatable bonds is 4. The molecule has 0 unspecified atom stereocenters. The van der Waals surface area contributed by atoms with E-state index in [2.05, 4.69) is 0 Å². The molecule has 0 aromatic rings. The summed E-state index contributed by atoms with van der Waals surface area (Å²) in [6, 6.07) is 0.319. The van der Waals surface area contributed by atoms with Crippen molar-refractivity contribution in [1.82, 2.24) is 4.90 Å². The quantitative estimate of drug-likeness (QED) is 0.588. The van der Waals surface area contributed by atoms with Crippen LogP contribution in [0.3, 0.4) is 0 Å². The fourth-order valence-corrected chi connectivity index (χ4v) is 4.80. The van der Waals surface area contributed by atoms with E-state index < -0.39 is 11.5 Å². The molecule has 4 atom stereocenters. The molecule has 23 heavy (non-hydrogen) atoms. The summed E-state index contributed by atoms with van der Waals surface area (Å²) < 4.78 is 11.5. The molecule has 3 heterocycles. The summed E-state index contributed by atoms with van der Waals surface area (Å²) in [6.45, 7) is 2.98. The Balaban J connectivity index is 1.56. The van der Waals surface area contributed by atoms with Crippen molar-refractivity contribution < 1.29 is 19.1 Å². The Kier molecular flexibility index (Phi) is 3.71. The molecule has 2 bridgehead atoms. The normalized spacial score (nSPS) is 39.1. The molecule has 5 nitrogen and oxygen atoms in total. The van der Waals surface area contributed by atoms with Crippen LogP contribution in [0, 0.1) is 11.8 Å². The lowest BCUT2D eigenvalue weighted by molar-refractivity contribution is -0.154. The van der Waals surface area contributed by atoms with E-state index in [1.54, 1.807) is 0 Å². The highest BCUT2D eigenvalue weighted by molar-refractivity contribution is 5.91. The number of esters is 1. The first-order valence-electron chi connectivity index (χ1n) is 9.00. The van der Waals surface area contributed by atoms with Gasteiger partial charge in [-0.2, -0.15) is 0 Å². The molecule has 0 aromatic heterocycles. The van der Waals surface area contributed by atoms with Crippen LogP contribution in [0.15, 0.2) is 12.2 Å². The van der Waals surface area contributed by atoms with Crippen LogP contribution >= 0.6 is 0 Å². The lowest BCUT2D eigenvalue weighted by Crippen LogP contribution is -2.42. The van der Waals surface area contributed by atoms with Gasteiger partial charge in [-0.25, -0.2) is 0 Å². The van der Waals surface area contributed by atoms with E-state index >= 15 is 0 Å². The second kappa shape index (κ2) is 5.62. The highest BCUT2D eigenvalue weighted by atomic mass is 16.6. The fraction of sp³-hybridized carbons (Fsp3) is 0.778. The van der Waals surface area contributed by atoms with Crippen LogP contribution in [-0.2, 0) is 19.1 Å². The van der Waals surface area contributed by atoms with Crippen LogP contribution in [0.25, 0.3) is 0 Å². The molecule has 1 amide bonds. The molecule has 0 N–H and O–H groups in total. The highest BCUT2D eigenvalue weighted by Crippen LogP contribution is 2.53. The molecule has 4 aliphatic rings. The number of hydrogen-bond donors (Lipinski definition) is 0. The van der Waals surface area contributed by atoms with Gasteiger partial charge < -0.3 is 14.4 Å². The zero-order chi connectivity index (χ0) is 16.0. The molecule has 1 saturated carbocycles. The average Bonchev–Trinajstić information content (AvgIpc) is 3.22. The number of amides is 1. The van der Waals surface area contributed by atoms with Gasteiger partial charge in [0.1, 0.15) is 11.5 Å². The maximum absolute atomic E-state index is 13.1. The third kappa shape index (κ3) is 2.24. The Labute approximate surface area is 137 Å². The highest BCUT2D eigenvalue weighted by Gasteiger charge is 2.67. The molecule has 3 aliphatic heterocycles. The standard InChI is InChI=1S/C18H25NO4/c1-2-10-22-17(21)14-13-8-9-18(23-13)11-19(16(20)15(14)18)12-6-4-3-5-7-12/h8-9,12-15H,2-7,10-11H2,1H3/t13-,14+,15-,18+/m0/s1. The van der Waals surface area contributed by atoms with E-state index in [4.69, 9.17) is 9.47 Å². The first kappa shape index (κ1) is 15.2. The van der Waals surface area contributed by atoms with Gasteiger partial charge >= 0.3 is 5.97 Å². The smallest absolute Gasteiger partial charge is 0.312 e. The van der Waals surface area contributed by atoms with Gasteiger partial charge in [0.25, 0.3) is 0 Å². The van der Waals surface area contributed by atoms with Crippen LogP contribution < -0.4 is 0 Å². The fourth-order valence-electron chi connectivity index (χ4n) is 4.80. The molecule has 5 heteroatoms. The molecular weight excluding hydrogens is 294 g/mol. The molecule has 2 saturated heterocycles. The maximum Gasteiger partial charge on any atom is 0.312 e. The third-order valence-corrected chi connectivity index (χ3v) is 5.87. The minimum atomic E-state index is -0.588. The van der Waals surface area contributed by atoms with Gasteiger partial charge in [0, 0.05) is 6.04 Å². The summed E-state index contributed by atoms with van der Waals surface area (Å²) in [5.74, 6) is -1.02. The predicted molar refractivity (Wildman–Crippen MR) is 83.6 cm³/mol. The SMILES string of the molecule is CCCOC(=O)[C@@H]1[C@@H]2C=C[C@]3(CN(C4CCCCC4)C(=O)[C@H]13)O2. The number of ether oxygens (including phenoxy) is 2. The summed E-state index contributed by atoms with van der Waals surface area (Å²) in [5.41, 5.74) is -0.588. The summed E-state index contributed by atoms with van der Waals surface area (Å²) >= 11 is 0. The van der Waals surface area contributed by atoms with Crippen molar-refractivity contribution in [3.05, 3.63) is 12.2 Å². The van der Waals surface area contributed by atoms with Crippen molar-refractivity contribution in [2.45, 2.75) is 63.2 Å². The number of nitrogens with zero attached hydrogens (tertiary/aromatic N) is 1. The first-order chi connectivity index (χ1) is 11.2. The van der Waals surface area contributed by atoms with E-state index in [1.807, 2.05) is 24.0 Å². The Morgan fingerprint density at radius 3 is 2.91 bits per heavy atom. The monoisotopic (exact) mass is 319 g/mol. The zero-order valence-electron chi connectivity index (χ0n) is 13.7. The molecular formula is C18H25NO4. The second-order valence-electron chi connectivity index (χ2n) is 7.33. The van der Waals surface area contributed by atoms with Gasteiger partial charge in [-0.3, -0.25) is 9.59 Å². The number of fused-ring (bicyclic) bond motifs is 1. The molecule has 4 rings (SSSR count). The van der Waals surface area contributed by atoms with Gasteiger partial charge in [-0.1, -0.05) is 38.3 Å². The zero-order valence-corrected chi connectivity index (χ0v) is 13.7. The number of carbonyl (C=O) groups is 2. The minimum absolute atomic E-state index is 0.0993. The Hall–Kier alpha value is -1.36. The van der Waals surface area contributed by atoms with Gasteiger partial charge in [-0.15, -0.1) is 0 Å². The molecule has 0 radical (unpaired) electrons. The average molecular weight is 319 g/mol. The topological polar surface area (TPSA) is 55.8 Å². The van der Waals surface area contributed by atoms with Gasteiger partial charge in [0.15, 0.2) is 0 Å². The number of carbonyl (C=O) groups excluding carboxylic acids is 2. The Morgan fingerprint density at radius 2 is 2.17 bits per heavy atom. The lowest BCUT2D eigenvalue weighted by Gasteiger charge is -2.32. The summed E-state index contributed by atoms with van der Waals surface area (Å²) in [5, 5.41) is 0. The predicted octanol–water partition coefficient (Wildman–Crippen LogP) is 2.05. The maximum atomic E-state index is 13.1. The van der Waals surface area contributed by atoms with Gasteiger partial charge in [-0.05, 0) is 19.3 Å². The van der Waals surface area contributed by atoms with Crippen LogP contribution in [-0.4, -0.2) is 47.7 Å². The number of likely N-dealkylation sites (tertiary alicyclic amines) is 1. The van der Waals surface area contributed by atoms with Gasteiger partial charge in [0.05, 0.1) is 25.2 Å². The summed E-state index contributed by atoms with van der Waals surface area (Å²) in [4.78, 5) is 27.5. The van der Waals surface area contributed by atoms with Crippen LogP contribution in [0.5, 0.6) is 0 Å². The van der Waals surface area contributed by atoms with E-state index in [9.17, 15) is 9.59 Å². The molecule has 1 spiro atoms. The van der Waals surface area contributed by atoms with E-state index in [-0.39, 0.29) is 23.9 Å². The molecule has 3 fully saturated rings. The van der Waals surface area contributed by atoms with E-state index in [1.165, 1.54) is 19.3 Å². The largest absolute Gasteiger partial charge is 0.465 e. The Bertz CT molecular complexity index is 539. The van der Waals surface area contributed by atoms with E-state index in [0.717, 1.165) is 19.3 Å². The summed E-state index contributed by atoms with van der Waals surface area (Å²) in [7, 11) is 0. The second-order valence-corrected chi connectivity index (χ2v) is 7.33. The Morgan fingerprint density at radius 1 is 1.39 bits per heavy atom. The van der Waals surface area contributed by atoms with Crippen molar-refractivity contribution in [3.63, 3.8) is 0 Å². The van der Waals surface area contributed by atoms with E-state index in [0.29, 0.717) is 19.2 Å². The molecule has 0 aromatic carbocycles. The first-order valence-corrected chi connectivity index (χ1v) is 9.00. The minimum Gasteiger partial charge on any atom is -0.465 e. The van der Waals surface area contributed by atoms with Gasteiger partial charge in [0.2, 0.25) is 5.91 Å². The van der Waals surface area contributed by atoms with Crippen molar-refractivity contribution in [2.24, 2.45) is 11.8 Å². The number of hydrogen-bond acceptors (Lipinski definition) is 4. The molecule has 1 aliphatic carbocycles. The van der Waals surface area contributed by atoms with Crippen molar-refractivity contribution in [1.29, 1.82) is 0 Å². The van der Waals surface area contributed by atoms with Crippen LogP contribution in [0.4, 0.5) is 0 Å². The van der Waals surface area contributed by atoms with Crippen molar-refractivity contribution >= 4 is 11.9 Å². The molecule has 126 valence electrons. The van der Waals surface area contributed by atoms with Crippen LogP contribution in [0.2, 0.25) is 0 Å². The summed E-state index contributed by atoms with van der Waals surface area (Å²) in [6.07, 6.45) is 10.3.